The molecule has 4 rings (SSSR count). The Morgan fingerprint density at radius 1 is 1.35 bits per heavy atom. The predicted octanol–water partition coefficient (Wildman–Crippen LogP) is 2.35. The molecule has 1 N–H and O–H groups in total. The lowest BCUT2D eigenvalue weighted by molar-refractivity contribution is -0.127. The fraction of sp³-hybridized carbons (Fsp3) is 0.842. The van der Waals surface area contributed by atoms with Crippen LogP contribution in [-0.2, 0) is 9.53 Å². The number of rotatable bonds is 5. The first-order valence-corrected chi connectivity index (χ1v) is 9.39. The third-order valence-electron chi connectivity index (χ3n) is 6.60. The van der Waals surface area contributed by atoms with Crippen molar-refractivity contribution in [3.8, 4) is 0 Å². The normalized spacial score (nSPS) is 39.1. The summed E-state index contributed by atoms with van der Waals surface area (Å²) in [5.74, 6) is 1.70. The average Bonchev–Trinajstić information content (AvgIpc) is 3.08. The molecule has 3 heterocycles. The van der Waals surface area contributed by atoms with Crippen molar-refractivity contribution in [3.63, 3.8) is 0 Å². The molecule has 1 saturated carbocycles. The molecule has 0 aromatic rings. The highest BCUT2D eigenvalue weighted by Gasteiger charge is 2.62. The van der Waals surface area contributed by atoms with E-state index in [2.05, 4.69) is 30.1 Å². The smallest absolute Gasteiger partial charge is 0.223 e. The second-order valence-electron chi connectivity index (χ2n) is 8.38. The molecule has 1 aliphatic carbocycles. The molecule has 128 valence electrons. The average molecular weight is 318 g/mol. The maximum Gasteiger partial charge on any atom is 0.223 e. The van der Waals surface area contributed by atoms with Gasteiger partial charge in [-0.25, -0.2) is 0 Å². The zero-order chi connectivity index (χ0) is 16.0. The molecule has 0 radical (unpaired) electrons. The van der Waals surface area contributed by atoms with E-state index >= 15 is 0 Å². The van der Waals surface area contributed by atoms with Crippen molar-refractivity contribution in [2.45, 2.75) is 57.7 Å². The molecule has 3 saturated heterocycles. The summed E-state index contributed by atoms with van der Waals surface area (Å²) in [5, 5.41) is 3.24. The number of hydrogen-bond acceptors (Lipinski definition) is 3. The van der Waals surface area contributed by atoms with Crippen LogP contribution in [0.3, 0.4) is 0 Å². The topological polar surface area (TPSA) is 41.6 Å². The van der Waals surface area contributed by atoms with E-state index in [1.807, 2.05) is 0 Å². The van der Waals surface area contributed by atoms with Crippen LogP contribution in [0.4, 0.5) is 0 Å². The quantitative estimate of drug-likeness (QED) is 0.791. The highest BCUT2D eigenvalue weighted by atomic mass is 16.5. The third-order valence-corrected chi connectivity index (χ3v) is 6.60. The fourth-order valence-electron chi connectivity index (χ4n) is 5.04. The van der Waals surface area contributed by atoms with Gasteiger partial charge in [-0.1, -0.05) is 18.1 Å². The standard InChI is InChI=1S/C19H30N2O2/c1-13(2)7-9-21-11-16-15(10-20-18(22)14-4-3-5-14)17-6-8-19(16,12-21)23-17/h7,14-17H,3-6,8-12H2,1-2H3,(H,20,22)/t15-,16+,17+,19+/m0/s1. The monoisotopic (exact) mass is 318 g/mol. The van der Waals surface area contributed by atoms with Crippen molar-refractivity contribution < 1.29 is 9.53 Å². The summed E-state index contributed by atoms with van der Waals surface area (Å²) in [4.78, 5) is 14.7. The zero-order valence-corrected chi connectivity index (χ0v) is 14.5. The molecule has 4 fully saturated rings. The Hall–Kier alpha value is -0.870. The number of hydrogen-bond donors (Lipinski definition) is 1. The van der Waals surface area contributed by atoms with Gasteiger partial charge in [0.2, 0.25) is 5.91 Å². The van der Waals surface area contributed by atoms with Crippen LogP contribution in [0.5, 0.6) is 0 Å². The largest absolute Gasteiger partial charge is 0.370 e. The number of fused-ring (bicyclic) bond motifs is 1. The fourth-order valence-corrected chi connectivity index (χ4v) is 5.04. The van der Waals surface area contributed by atoms with Crippen molar-refractivity contribution >= 4 is 5.91 Å². The summed E-state index contributed by atoms with van der Waals surface area (Å²) in [6.45, 7) is 8.39. The predicted molar refractivity (Wildman–Crippen MR) is 90.0 cm³/mol. The lowest BCUT2D eigenvalue weighted by Gasteiger charge is -2.31. The Labute approximate surface area is 139 Å². The SMILES string of the molecule is CC(C)=CCN1C[C@@H]2[C@H](CNC(=O)C3CCC3)[C@H]3CC[C@]2(C1)O3. The minimum atomic E-state index is 0.0893. The van der Waals surface area contributed by atoms with Crippen molar-refractivity contribution in [3.05, 3.63) is 11.6 Å². The van der Waals surface area contributed by atoms with E-state index in [9.17, 15) is 4.79 Å². The summed E-state index contributed by atoms with van der Waals surface area (Å²) < 4.78 is 6.45. The minimum Gasteiger partial charge on any atom is -0.370 e. The molecule has 3 aliphatic heterocycles. The minimum absolute atomic E-state index is 0.0893. The number of carbonyl (C=O) groups is 1. The second-order valence-corrected chi connectivity index (χ2v) is 8.38. The number of carbonyl (C=O) groups excluding carboxylic acids is 1. The molecule has 1 amide bonds. The third kappa shape index (κ3) is 2.74. The number of nitrogens with zero attached hydrogens (tertiary/aromatic N) is 1. The highest BCUT2D eigenvalue weighted by Crippen LogP contribution is 2.54. The van der Waals surface area contributed by atoms with Gasteiger partial charge in [0.05, 0.1) is 11.7 Å². The van der Waals surface area contributed by atoms with Crippen LogP contribution in [0, 0.1) is 17.8 Å². The number of ether oxygens (including phenoxy) is 1. The van der Waals surface area contributed by atoms with E-state index in [0.29, 0.717) is 23.9 Å². The molecule has 23 heavy (non-hydrogen) atoms. The molecule has 4 atom stereocenters. The number of allylic oxidation sites excluding steroid dienone is 1. The maximum atomic E-state index is 12.2. The summed E-state index contributed by atoms with van der Waals surface area (Å²) in [5.41, 5.74) is 1.47. The van der Waals surface area contributed by atoms with Crippen molar-refractivity contribution in [2.75, 3.05) is 26.2 Å². The molecule has 2 bridgehead atoms. The van der Waals surface area contributed by atoms with Gasteiger partial charge in [0.1, 0.15) is 0 Å². The Bertz CT molecular complexity index is 509. The van der Waals surface area contributed by atoms with E-state index in [4.69, 9.17) is 4.74 Å². The summed E-state index contributed by atoms with van der Waals surface area (Å²) >= 11 is 0. The first-order valence-electron chi connectivity index (χ1n) is 9.39. The van der Waals surface area contributed by atoms with Crippen molar-refractivity contribution in [1.29, 1.82) is 0 Å². The summed E-state index contributed by atoms with van der Waals surface area (Å²) in [6.07, 6.45) is 8.47. The van der Waals surface area contributed by atoms with Crippen LogP contribution in [0.2, 0.25) is 0 Å². The van der Waals surface area contributed by atoms with E-state index in [0.717, 1.165) is 39.0 Å². The second kappa shape index (κ2) is 5.89. The Morgan fingerprint density at radius 3 is 2.87 bits per heavy atom. The van der Waals surface area contributed by atoms with E-state index in [1.165, 1.54) is 24.8 Å². The first-order chi connectivity index (χ1) is 11.1. The lowest BCUT2D eigenvalue weighted by atomic mass is 9.73. The Kier molecular flexibility index (Phi) is 4.01. The molecule has 0 unspecified atom stereocenters. The van der Waals surface area contributed by atoms with Gasteiger partial charge in [-0.3, -0.25) is 9.69 Å². The highest BCUT2D eigenvalue weighted by molar-refractivity contribution is 5.79. The van der Waals surface area contributed by atoms with Gasteiger partial charge in [0.25, 0.3) is 0 Å². The van der Waals surface area contributed by atoms with E-state index in [-0.39, 0.29) is 11.5 Å². The molecule has 1 spiro atoms. The number of likely N-dealkylation sites (tertiary alicyclic amines) is 1. The van der Waals surface area contributed by atoms with Gasteiger partial charge < -0.3 is 10.1 Å². The van der Waals surface area contributed by atoms with Gasteiger partial charge >= 0.3 is 0 Å². The van der Waals surface area contributed by atoms with E-state index < -0.39 is 0 Å². The Morgan fingerprint density at radius 2 is 2.17 bits per heavy atom. The summed E-state index contributed by atoms with van der Waals surface area (Å²) in [6, 6.07) is 0. The van der Waals surface area contributed by atoms with Crippen LogP contribution in [-0.4, -0.2) is 48.7 Å². The van der Waals surface area contributed by atoms with Gasteiger partial charge in [-0.05, 0) is 39.5 Å². The maximum absolute atomic E-state index is 12.2. The van der Waals surface area contributed by atoms with Crippen LogP contribution < -0.4 is 5.32 Å². The summed E-state index contributed by atoms with van der Waals surface area (Å²) in [7, 11) is 0. The number of nitrogens with one attached hydrogen (secondary N) is 1. The van der Waals surface area contributed by atoms with Crippen LogP contribution >= 0.6 is 0 Å². The molecular formula is C19H30N2O2. The molecule has 4 aliphatic rings. The molecule has 4 nitrogen and oxygen atoms in total. The molecular weight excluding hydrogens is 288 g/mol. The van der Waals surface area contributed by atoms with Gasteiger partial charge in [-0.15, -0.1) is 0 Å². The zero-order valence-electron chi connectivity index (χ0n) is 14.5. The lowest BCUT2D eigenvalue weighted by Crippen LogP contribution is -2.44. The molecule has 4 heteroatoms. The van der Waals surface area contributed by atoms with Crippen molar-refractivity contribution in [1.82, 2.24) is 10.2 Å². The van der Waals surface area contributed by atoms with Gasteiger partial charge in [0.15, 0.2) is 0 Å². The molecule has 0 aromatic carbocycles. The molecule has 0 aromatic heterocycles. The van der Waals surface area contributed by atoms with Crippen molar-refractivity contribution in [2.24, 2.45) is 17.8 Å². The van der Waals surface area contributed by atoms with Crippen LogP contribution in [0.15, 0.2) is 11.6 Å². The van der Waals surface area contributed by atoms with E-state index in [1.54, 1.807) is 0 Å². The van der Waals surface area contributed by atoms with Gasteiger partial charge in [-0.2, -0.15) is 0 Å². The first kappa shape index (κ1) is 15.6. The van der Waals surface area contributed by atoms with Crippen LogP contribution in [0.25, 0.3) is 0 Å². The van der Waals surface area contributed by atoms with Crippen LogP contribution in [0.1, 0.15) is 46.0 Å². The Balaban J connectivity index is 1.37. The number of amides is 1. The van der Waals surface area contributed by atoms with Gasteiger partial charge in [0, 0.05) is 43.9 Å².